The second kappa shape index (κ2) is 6.30. The highest BCUT2D eigenvalue weighted by atomic mass is 32.1. The molecule has 3 rings (SSSR count). The zero-order valence-corrected chi connectivity index (χ0v) is 13.4. The van der Waals surface area contributed by atoms with Gasteiger partial charge in [-0.25, -0.2) is 4.39 Å². The van der Waals surface area contributed by atoms with Crippen LogP contribution in [0.25, 0.3) is 6.08 Å². The van der Waals surface area contributed by atoms with Gasteiger partial charge in [0.25, 0.3) is 5.91 Å². The Labute approximate surface area is 139 Å². The van der Waals surface area contributed by atoms with E-state index in [-0.39, 0.29) is 11.7 Å². The van der Waals surface area contributed by atoms with Crippen LogP contribution >= 0.6 is 12.2 Å². The van der Waals surface area contributed by atoms with E-state index in [9.17, 15) is 9.18 Å². The predicted molar refractivity (Wildman–Crippen MR) is 91.7 cm³/mol. The molecular weight excluding hydrogens is 311 g/mol. The number of rotatable bonds is 3. The van der Waals surface area contributed by atoms with E-state index in [0.717, 1.165) is 11.1 Å². The fraction of sp³-hybridized carbons (Fsp3) is 0.111. The second-order valence-electron chi connectivity index (χ2n) is 5.30. The molecule has 3 nitrogen and oxygen atoms in total. The first-order valence-corrected chi connectivity index (χ1v) is 7.58. The molecule has 0 saturated carbocycles. The summed E-state index contributed by atoms with van der Waals surface area (Å²) in [5, 5.41) is 0.465. The van der Waals surface area contributed by atoms with Crippen LogP contribution in [0.15, 0.2) is 60.3 Å². The molecule has 5 heteroatoms. The van der Waals surface area contributed by atoms with Crippen molar-refractivity contribution in [2.45, 2.75) is 6.54 Å². The normalized spacial score (nSPS) is 16.5. The van der Waals surface area contributed by atoms with Gasteiger partial charge in [-0.15, -0.1) is 0 Å². The summed E-state index contributed by atoms with van der Waals surface area (Å²) < 4.78 is 13.0. The Bertz CT molecular complexity index is 771. The van der Waals surface area contributed by atoms with Gasteiger partial charge in [0, 0.05) is 7.05 Å². The van der Waals surface area contributed by atoms with Crippen molar-refractivity contribution in [2.24, 2.45) is 0 Å². The van der Waals surface area contributed by atoms with Gasteiger partial charge in [0.2, 0.25) is 0 Å². The molecular formula is C18H15FN2OS. The Kier molecular flexibility index (Phi) is 4.21. The lowest BCUT2D eigenvalue weighted by Crippen LogP contribution is -2.30. The minimum Gasteiger partial charge on any atom is -0.317 e. The average molecular weight is 326 g/mol. The van der Waals surface area contributed by atoms with Gasteiger partial charge in [0.1, 0.15) is 11.5 Å². The number of carbonyl (C=O) groups excluding carboxylic acids is 1. The molecule has 1 aliphatic rings. The molecule has 2 aromatic rings. The molecule has 23 heavy (non-hydrogen) atoms. The van der Waals surface area contributed by atoms with Gasteiger partial charge < -0.3 is 4.90 Å². The van der Waals surface area contributed by atoms with Crippen molar-refractivity contribution < 1.29 is 9.18 Å². The molecule has 1 fully saturated rings. The van der Waals surface area contributed by atoms with Crippen LogP contribution in [0, 0.1) is 5.82 Å². The molecule has 1 saturated heterocycles. The SMILES string of the molecule is CN1C(=S)N(Cc2ccccc2)C(=O)C1=Cc1ccc(F)cc1. The minimum atomic E-state index is -0.306. The number of hydrogen-bond acceptors (Lipinski definition) is 2. The Balaban J connectivity index is 1.87. The average Bonchev–Trinajstić information content (AvgIpc) is 2.76. The first-order chi connectivity index (χ1) is 11.1. The minimum absolute atomic E-state index is 0.148. The van der Waals surface area contributed by atoms with Gasteiger partial charge in [-0.3, -0.25) is 9.69 Å². The zero-order valence-electron chi connectivity index (χ0n) is 12.6. The second-order valence-corrected chi connectivity index (χ2v) is 5.66. The van der Waals surface area contributed by atoms with Gasteiger partial charge in [-0.05, 0) is 41.6 Å². The number of nitrogens with zero attached hydrogens (tertiary/aromatic N) is 2. The molecule has 0 radical (unpaired) electrons. The van der Waals surface area contributed by atoms with E-state index < -0.39 is 0 Å². The fourth-order valence-corrected chi connectivity index (χ4v) is 2.68. The van der Waals surface area contributed by atoms with Crippen LogP contribution in [-0.2, 0) is 11.3 Å². The van der Waals surface area contributed by atoms with Gasteiger partial charge in [0.15, 0.2) is 5.11 Å². The Morgan fingerprint density at radius 2 is 1.74 bits per heavy atom. The van der Waals surface area contributed by atoms with E-state index >= 15 is 0 Å². The molecule has 1 heterocycles. The standard InChI is InChI=1S/C18H15FN2OS/c1-20-16(11-13-7-9-15(19)10-8-13)17(22)21(18(20)23)12-14-5-3-2-4-6-14/h2-11H,12H2,1H3. The summed E-state index contributed by atoms with van der Waals surface area (Å²) in [5.41, 5.74) is 2.25. The number of amides is 1. The van der Waals surface area contributed by atoms with Gasteiger partial charge in [-0.1, -0.05) is 42.5 Å². The maximum Gasteiger partial charge on any atom is 0.277 e. The molecule has 1 amide bonds. The highest BCUT2D eigenvalue weighted by Crippen LogP contribution is 2.24. The molecule has 0 unspecified atom stereocenters. The predicted octanol–water partition coefficient (Wildman–Crippen LogP) is 3.43. The third kappa shape index (κ3) is 3.14. The van der Waals surface area contributed by atoms with Crippen molar-refractivity contribution >= 4 is 29.3 Å². The zero-order chi connectivity index (χ0) is 16.4. The Hall–Kier alpha value is -2.53. The van der Waals surface area contributed by atoms with Crippen LogP contribution in [0.4, 0.5) is 4.39 Å². The summed E-state index contributed by atoms with van der Waals surface area (Å²) in [6.45, 7) is 0.434. The van der Waals surface area contributed by atoms with Gasteiger partial charge in [-0.2, -0.15) is 0 Å². The van der Waals surface area contributed by atoms with Crippen molar-refractivity contribution in [3.63, 3.8) is 0 Å². The van der Waals surface area contributed by atoms with Gasteiger partial charge in [0.05, 0.1) is 6.54 Å². The topological polar surface area (TPSA) is 23.6 Å². The molecule has 0 spiro atoms. The maximum atomic E-state index is 13.0. The Morgan fingerprint density at radius 3 is 2.39 bits per heavy atom. The molecule has 0 atom stereocenters. The number of benzene rings is 2. The molecule has 0 aliphatic carbocycles. The monoisotopic (exact) mass is 326 g/mol. The summed E-state index contributed by atoms with van der Waals surface area (Å²) in [6.07, 6.45) is 1.72. The van der Waals surface area contributed by atoms with Gasteiger partial charge >= 0.3 is 0 Å². The van der Waals surface area contributed by atoms with Crippen LogP contribution in [0.5, 0.6) is 0 Å². The fourth-order valence-electron chi connectivity index (χ4n) is 2.43. The molecule has 1 aliphatic heterocycles. The molecule has 0 bridgehead atoms. The van der Waals surface area contributed by atoms with E-state index in [2.05, 4.69) is 0 Å². The first kappa shape index (κ1) is 15.4. The lowest BCUT2D eigenvalue weighted by Gasteiger charge is -2.16. The number of hydrogen-bond donors (Lipinski definition) is 0. The van der Waals surface area contributed by atoms with Crippen LogP contribution in [0.1, 0.15) is 11.1 Å². The maximum absolute atomic E-state index is 13.0. The third-order valence-corrected chi connectivity index (χ3v) is 4.19. The third-order valence-electron chi connectivity index (χ3n) is 3.70. The lowest BCUT2D eigenvalue weighted by atomic mass is 10.2. The molecule has 116 valence electrons. The number of halogens is 1. The number of thiocarbonyl (C=S) groups is 1. The van der Waals surface area contributed by atoms with E-state index in [0.29, 0.717) is 17.4 Å². The van der Waals surface area contributed by atoms with E-state index in [1.165, 1.54) is 12.1 Å². The van der Waals surface area contributed by atoms with Crippen molar-refractivity contribution in [3.05, 3.63) is 77.2 Å². The van der Waals surface area contributed by atoms with Crippen LogP contribution in [0.2, 0.25) is 0 Å². The van der Waals surface area contributed by atoms with E-state index in [4.69, 9.17) is 12.2 Å². The summed E-state index contributed by atoms with van der Waals surface area (Å²) in [7, 11) is 1.76. The highest BCUT2D eigenvalue weighted by Gasteiger charge is 2.35. The summed E-state index contributed by atoms with van der Waals surface area (Å²) in [5.74, 6) is -0.454. The number of likely N-dealkylation sites (N-methyl/N-ethyl adjacent to an activating group) is 1. The first-order valence-electron chi connectivity index (χ1n) is 7.17. The highest BCUT2D eigenvalue weighted by molar-refractivity contribution is 7.80. The van der Waals surface area contributed by atoms with Crippen LogP contribution < -0.4 is 0 Å². The smallest absolute Gasteiger partial charge is 0.277 e. The Morgan fingerprint density at radius 1 is 1.09 bits per heavy atom. The van der Waals surface area contributed by atoms with Crippen molar-refractivity contribution in [1.29, 1.82) is 0 Å². The van der Waals surface area contributed by atoms with Crippen molar-refractivity contribution in [1.82, 2.24) is 9.80 Å². The van der Waals surface area contributed by atoms with Crippen LogP contribution in [0.3, 0.4) is 0 Å². The van der Waals surface area contributed by atoms with Crippen molar-refractivity contribution in [2.75, 3.05) is 7.05 Å². The summed E-state index contributed by atoms with van der Waals surface area (Å²) >= 11 is 5.38. The quantitative estimate of drug-likeness (QED) is 0.638. The van der Waals surface area contributed by atoms with E-state index in [1.54, 1.807) is 35.1 Å². The lowest BCUT2D eigenvalue weighted by molar-refractivity contribution is -0.122. The number of carbonyl (C=O) groups is 1. The largest absolute Gasteiger partial charge is 0.317 e. The van der Waals surface area contributed by atoms with Crippen LogP contribution in [-0.4, -0.2) is 27.9 Å². The molecule has 0 aromatic heterocycles. The van der Waals surface area contributed by atoms with E-state index in [1.807, 2.05) is 30.3 Å². The molecule has 2 aromatic carbocycles. The summed E-state index contributed by atoms with van der Waals surface area (Å²) in [4.78, 5) is 15.9. The molecule has 0 N–H and O–H groups in total. The van der Waals surface area contributed by atoms with Crippen molar-refractivity contribution in [3.8, 4) is 0 Å². The summed E-state index contributed by atoms with van der Waals surface area (Å²) in [6, 6.07) is 15.7.